The van der Waals surface area contributed by atoms with Crippen LogP contribution in [0.2, 0.25) is 0 Å². The summed E-state index contributed by atoms with van der Waals surface area (Å²) in [6.07, 6.45) is 1.42. The number of nitrogens with zero attached hydrogens (tertiary/aromatic N) is 2. The summed E-state index contributed by atoms with van der Waals surface area (Å²) >= 11 is 0. The second-order valence-corrected chi connectivity index (χ2v) is 11.2. The number of pyridine rings is 1. The number of imide groups is 1. The van der Waals surface area contributed by atoms with Crippen molar-refractivity contribution < 1.29 is 32.9 Å². The van der Waals surface area contributed by atoms with Crippen molar-refractivity contribution in [1.29, 1.82) is 0 Å². The number of phenols is 1. The van der Waals surface area contributed by atoms with Crippen LogP contribution in [0.4, 0.5) is 4.39 Å². The van der Waals surface area contributed by atoms with Crippen molar-refractivity contribution in [3.05, 3.63) is 137 Å². The molecule has 0 aliphatic carbocycles. The number of ether oxygens (including phenoxy) is 1. The van der Waals surface area contributed by atoms with Crippen molar-refractivity contribution in [2.75, 3.05) is 6.35 Å². The first-order chi connectivity index (χ1) is 21.0. The molecule has 5 aromatic rings. The number of aromatic hydroxyl groups is 1. The quantitative estimate of drug-likeness (QED) is 0.130. The monoisotopic (exact) mass is 596 g/mol. The smallest absolute Gasteiger partial charge is 0.265 e. The van der Waals surface area contributed by atoms with Gasteiger partial charge in [0.15, 0.2) is 12.1 Å². The molecule has 0 saturated heterocycles. The SMILES string of the molecule is O=C1c2c(c(O)c3ncccc3c2OCP(OCc2ccccc2)OCc2ccccc2)C(=O)N1Cc1ccc(F)cc1. The molecule has 0 saturated carbocycles. The Hall–Kier alpha value is -4.69. The molecule has 0 unspecified atom stereocenters. The summed E-state index contributed by atoms with van der Waals surface area (Å²) in [6, 6.07) is 28.1. The highest BCUT2D eigenvalue weighted by atomic mass is 31.2. The fraction of sp³-hybridized carbons (Fsp3) is 0.121. The first-order valence-electron chi connectivity index (χ1n) is 13.5. The molecular weight excluding hydrogens is 570 g/mol. The van der Waals surface area contributed by atoms with Crippen LogP contribution in [0.5, 0.6) is 11.5 Å². The van der Waals surface area contributed by atoms with Crippen LogP contribution in [-0.4, -0.2) is 33.2 Å². The van der Waals surface area contributed by atoms with Crippen molar-refractivity contribution in [3.63, 3.8) is 0 Å². The zero-order valence-electron chi connectivity index (χ0n) is 22.9. The lowest BCUT2D eigenvalue weighted by Gasteiger charge is -2.20. The fourth-order valence-electron chi connectivity index (χ4n) is 4.77. The van der Waals surface area contributed by atoms with E-state index in [1.807, 2.05) is 60.7 Å². The van der Waals surface area contributed by atoms with Crippen LogP contribution in [0.15, 0.2) is 103 Å². The molecule has 6 rings (SSSR count). The molecule has 8 nitrogen and oxygen atoms in total. The van der Waals surface area contributed by atoms with Gasteiger partial charge in [0.05, 0.1) is 25.3 Å². The number of aromatic nitrogens is 1. The molecule has 1 aliphatic heterocycles. The normalized spacial score (nSPS) is 12.7. The van der Waals surface area contributed by atoms with E-state index in [0.717, 1.165) is 16.0 Å². The third kappa shape index (κ3) is 6.10. The molecule has 0 bridgehead atoms. The van der Waals surface area contributed by atoms with Gasteiger partial charge < -0.3 is 18.9 Å². The first kappa shape index (κ1) is 28.4. The number of rotatable bonds is 11. The van der Waals surface area contributed by atoms with Crippen molar-refractivity contribution in [2.24, 2.45) is 0 Å². The molecule has 0 fully saturated rings. The lowest BCUT2D eigenvalue weighted by atomic mass is 10.0. The Morgan fingerprint density at radius 1 is 0.744 bits per heavy atom. The van der Waals surface area contributed by atoms with Crippen molar-refractivity contribution in [3.8, 4) is 11.5 Å². The summed E-state index contributed by atoms with van der Waals surface area (Å²) < 4.78 is 32.0. The Labute approximate surface area is 248 Å². The molecule has 0 radical (unpaired) electrons. The van der Waals surface area contributed by atoms with Crippen LogP contribution in [0, 0.1) is 5.82 Å². The van der Waals surface area contributed by atoms with Crippen molar-refractivity contribution >= 4 is 31.1 Å². The predicted octanol–water partition coefficient (Wildman–Crippen LogP) is 6.96. The van der Waals surface area contributed by atoms with Crippen LogP contribution in [0.3, 0.4) is 0 Å². The Kier molecular flexibility index (Phi) is 8.38. The Balaban J connectivity index is 1.31. The topological polar surface area (TPSA) is 98.2 Å². The highest BCUT2D eigenvalue weighted by Gasteiger charge is 2.42. The number of hydrogen-bond donors (Lipinski definition) is 1. The maximum atomic E-state index is 13.7. The van der Waals surface area contributed by atoms with E-state index in [0.29, 0.717) is 10.9 Å². The third-order valence-corrected chi connectivity index (χ3v) is 8.09. The van der Waals surface area contributed by atoms with E-state index in [4.69, 9.17) is 13.8 Å². The van der Waals surface area contributed by atoms with E-state index in [9.17, 15) is 19.1 Å². The van der Waals surface area contributed by atoms with E-state index in [2.05, 4.69) is 4.98 Å². The van der Waals surface area contributed by atoms with Gasteiger partial charge in [0.2, 0.25) is 8.38 Å². The third-order valence-electron chi connectivity index (χ3n) is 6.91. The maximum absolute atomic E-state index is 13.7. The zero-order chi connectivity index (χ0) is 29.8. The summed E-state index contributed by atoms with van der Waals surface area (Å²) in [5.74, 6) is -2.06. The van der Waals surface area contributed by atoms with Crippen LogP contribution in [0.1, 0.15) is 37.4 Å². The number of carbonyl (C=O) groups is 2. The van der Waals surface area contributed by atoms with Gasteiger partial charge in [-0.25, -0.2) is 4.39 Å². The predicted molar refractivity (Wildman–Crippen MR) is 159 cm³/mol. The largest absolute Gasteiger partial charge is 0.505 e. The van der Waals surface area contributed by atoms with Gasteiger partial charge in [0.1, 0.15) is 22.6 Å². The average molecular weight is 597 g/mol. The molecule has 2 amide bonds. The van der Waals surface area contributed by atoms with Gasteiger partial charge >= 0.3 is 0 Å². The first-order valence-corrected chi connectivity index (χ1v) is 14.8. The van der Waals surface area contributed by atoms with Crippen LogP contribution in [0.25, 0.3) is 10.9 Å². The summed E-state index contributed by atoms with van der Waals surface area (Å²) in [5.41, 5.74) is 2.33. The molecule has 1 aliphatic rings. The minimum atomic E-state index is -1.63. The number of halogens is 1. The fourth-order valence-corrected chi connectivity index (χ4v) is 5.82. The second kappa shape index (κ2) is 12.7. The maximum Gasteiger partial charge on any atom is 0.265 e. The summed E-state index contributed by atoms with van der Waals surface area (Å²) in [6.45, 7) is 0.454. The highest BCUT2D eigenvalue weighted by molar-refractivity contribution is 7.47. The van der Waals surface area contributed by atoms with E-state index in [-0.39, 0.29) is 48.5 Å². The Bertz CT molecular complexity index is 1730. The lowest BCUT2D eigenvalue weighted by molar-refractivity contribution is 0.0640. The van der Waals surface area contributed by atoms with Crippen LogP contribution < -0.4 is 4.74 Å². The van der Waals surface area contributed by atoms with Crippen molar-refractivity contribution in [1.82, 2.24) is 9.88 Å². The van der Waals surface area contributed by atoms with Crippen molar-refractivity contribution in [2.45, 2.75) is 19.8 Å². The zero-order valence-corrected chi connectivity index (χ0v) is 23.7. The summed E-state index contributed by atoms with van der Waals surface area (Å²) in [4.78, 5) is 32.5. The van der Waals surface area contributed by atoms with Gasteiger partial charge in [0.25, 0.3) is 11.8 Å². The Morgan fingerprint density at radius 2 is 1.35 bits per heavy atom. The van der Waals surface area contributed by atoms with Gasteiger partial charge in [-0.1, -0.05) is 72.8 Å². The molecule has 0 spiro atoms. The summed E-state index contributed by atoms with van der Waals surface area (Å²) in [7, 11) is -1.63. The van der Waals surface area contributed by atoms with Gasteiger partial charge in [-0.15, -0.1) is 0 Å². The molecular formula is C33H26FN2O6P. The minimum absolute atomic E-state index is 0.0599. The minimum Gasteiger partial charge on any atom is -0.505 e. The number of fused-ring (bicyclic) bond motifs is 2. The number of phenolic OH excluding ortho intramolecular Hbond substituents is 1. The van der Waals surface area contributed by atoms with E-state index in [1.165, 1.54) is 30.5 Å². The summed E-state index contributed by atoms with van der Waals surface area (Å²) in [5, 5.41) is 11.5. The van der Waals surface area contributed by atoms with Crippen LogP contribution >= 0.6 is 8.38 Å². The van der Waals surface area contributed by atoms with E-state index in [1.54, 1.807) is 12.1 Å². The second-order valence-electron chi connectivity index (χ2n) is 9.77. The molecule has 1 N–H and O–H groups in total. The van der Waals surface area contributed by atoms with E-state index >= 15 is 0 Å². The van der Waals surface area contributed by atoms with Crippen LogP contribution in [-0.2, 0) is 28.8 Å². The molecule has 0 atom stereocenters. The number of carbonyl (C=O) groups excluding carboxylic acids is 2. The highest BCUT2D eigenvalue weighted by Crippen LogP contribution is 2.47. The molecule has 10 heteroatoms. The Morgan fingerprint density at radius 3 is 1.98 bits per heavy atom. The lowest BCUT2D eigenvalue weighted by Crippen LogP contribution is -2.29. The number of hydrogen-bond acceptors (Lipinski definition) is 7. The molecule has 216 valence electrons. The molecule has 4 aromatic carbocycles. The van der Waals surface area contributed by atoms with Gasteiger partial charge in [0, 0.05) is 11.6 Å². The molecule has 1 aromatic heterocycles. The standard InChI is InChI=1S/C33H26FN2O6P/c34-25-15-13-22(14-16-25)18-36-32(38)27-28(33(36)39)31(26-12-7-17-35-29(26)30(27)37)40-21-43(41-19-23-8-3-1-4-9-23)42-20-24-10-5-2-6-11-24/h1-17,37H,18-21H2. The molecule has 2 heterocycles. The van der Waals surface area contributed by atoms with Gasteiger partial charge in [-0.05, 0) is 41.0 Å². The molecule has 43 heavy (non-hydrogen) atoms. The average Bonchev–Trinajstić information content (AvgIpc) is 3.29. The number of amides is 2. The van der Waals surface area contributed by atoms with E-state index < -0.39 is 31.8 Å². The van der Waals surface area contributed by atoms with Gasteiger partial charge in [-0.2, -0.15) is 0 Å². The van der Waals surface area contributed by atoms with Gasteiger partial charge in [-0.3, -0.25) is 19.5 Å². The number of benzene rings is 4.